The van der Waals surface area contributed by atoms with Gasteiger partial charge in [0.15, 0.2) is 11.5 Å². The maximum atomic E-state index is 11.0. The van der Waals surface area contributed by atoms with Crippen LogP contribution in [-0.4, -0.2) is 31.8 Å². The third-order valence-corrected chi connectivity index (χ3v) is 4.19. The van der Waals surface area contributed by atoms with Gasteiger partial charge in [0, 0.05) is 12.6 Å². The summed E-state index contributed by atoms with van der Waals surface area (Å²) in [5.74, 6) is 0.170. The molecule has 1 aliphatic rings. The number of carbonyl (C=O) groups is 1. The van der Waals surface area contributed by atoms with Crippen molar-refractivity contribution in [3.05, 3.63) is 22.2 Å². The molecule has 2 atom stereocenters. The second kappa shape index (κ2) is 5.79. The molecule has 0 bridgehead atoms. The van der Waals surface area contributed by atoms with Crippen molar-refractivity contribution < 1.29 is 19.4 Å². The largest absolute Gasteiger partial charge is 0.493 e. The molecule has 1 saturated heterocycles. The molecule has 6 heteroatoms. The number of benzene rings is 1. The summed E-state index contributed by atoms with van der Waals surface area (Å²) in [5, 5.41) is 12.3. The van der Waals surface area contributed by atoms with E-state index in [1.807, 2.05) is 12.1 Å². The lowest BCUT2D eigenvalue weighted by Gasteiger charge is -2.17. The summed E-state index contributed by atoms with van der Waals surface area (Å²) in [7, 11) is 3.16. The predicted molar refractivity (Wildman–Crippen MR) is 73.7 cm³/mol. The molecule has 104 valence electrons. The summed E-state index contributed by atoms with van der Waals surface area (Å²) >= 11 is 3.51. The minimum atomic E-state index is -0.758. The van der Waals surface area contributed by atoms with E-state index >= 15 is 0 Å². The minimum absolute atomic E-state index is 0.00952. The first kappa shape index (κ1) is 14.1. The Morgan fingerprint density at radius 3 is 2.68 bits per heavy atom. The Bertz CT molecular complexity index is 492. The fraction of sp³-hybridized carbons (Fsp3) is 0.462. The summed E-state index contributed by atoms with van der Waals surface area (Å²) < 4.78 is 11.4. The molecule has 0 aliphatic carbocycles. The third kappa shape index (κ3) is 2.69. The van der Waals surface area contributed by atoms with E-state index in [9.17, 15) is 4.79 Å². The van der Waals surface area contributed by atoms with Gasteiger partial charge in [-0.2, -0.15) is 0 Å². The maximum Gasteiger partial charge on any atom is 0.307 e. The maximum absolute atomic E-state index is 11.0. The van der Waals surface area contributed by atoms with Crippen molar-refractivity contribution in [2.24, 2.45) is 5.92 Å². The summed E-state index contributed by atoms with van der Waals surface area (Å²) in [5.41, 5.74) is 0.987. The van der Waals surface area contributed by atoms with Gasteiger partial charge in [0.2, 0.25) is 0 Å². The lowest BCUT2D eigenvalue weighted by molar-refractivity contribution is -0.141. The van der Waals surface area contributed by atoms with E-state index in [0.717, 1.165) is 10.0 Å². The normalized spacial score (nSPS) is 22.3. The number of methoxy groups -OCH3 is 2. The molecule has 0 radical (unpaired) electrons. The zero-order chi connectivity index (χ0) is 14.0. The fourth-order valence-electron chi connectivity index (χ4n) is 2.33. The van der Waals surface area contributed by atoms with Crippen molar-refractivity contribution in [1.82, 2.24) is 5.32 Å². The van der Waals surface area contributed by atoms with Gasteiger partial charge in [-0.25, -0.2) is 0 Å². The van der Waals surface area contributed by atoms with E-state index in [1.54, 1.807) is 14.2 Å². The molecular weight excluding hydrogens is 314 g/mol. The highest BCUT2D eigenvalue weighted by Crippen LogP contribution is 2.42. The third-order valence-electron chi connectivity index (χ3n) is 3.37. The molecule has 1 heterocycles. The lowest BCUT2D eigenvalue weighted by atomic mass is 10.00. The molecule has 1 fully saturated rings. The number of hydrogen-bond donors (Lipinski definition) is 2. The van der Waals surface area contributed by atoms with Gasteiger partial charge in [-0.15, -0.1) is 0 Å². The number of halogens is 1. The average molecular weight is 330 g/mol. The van der Waals surface area contributed by atoms with Crippen molar-refractivity contribution in [1.29, 1.82) is 0 Å². The highest BCUT2D eigenvalue weighted by molar-refractivity contribution is 9.10. The SMILES string of the molecule is COc1ccc(C2CC(C(=O)O)CN2)c(Br)c1OC. The van der Waals surface area contributed by atoms with E-state index in [0.29, 0.717) is 24.5 Å². The van der Waals surface area contributed by atoms with Gasteiger partial charge < -0.3 is 19.9 Å². The van der Waals surface area contributed by atoms with Crippen molar-refractivity contribution in [2.45, 2.75) is 12.5 Å². The van der Waals surface area contributed by atoms with Crippen LogP contribution in [0.5, 0.6) is 11.5 Å². The van der Waals surface area contributed by atoms with Crippen LogP contribution >= 0.6 is 15.9 Å². The average Bonchev–Trinajstić information content (AvgIpc) is 2.87. The molecule has 0 saturated carbocycles. The Hall–Kier alpha value is -1.27. The Morgan fingerprint density at radius 1 is 1.42 bits per heavy atom. The summed E-state index contributed by atoms with van der Waals surface area (Å²) in [6.07, 6.45) is 0.573. The van der Waals surface area contributed by atoms with Crippen LogP contribution < -0.4 is 14.8 Å². The van der Waals surface area contributed by atoms with Gasteiger partial charge in [0.1, 0.15) is 0 Å². The number of rotatable bonds is 4. The van der Waals surface area contributed by atoms with E-state index in [2.05, 4.69) is 21.2 Å². The molecule has 1 aliphatic heterocycles. The smallest absolute Gasteiger partial charge is 0.307 e. The minimum Gasteiger partial charge on any atom is -0.493 e. The van der Waals surface area contributed by atoms with Gasteiger partial charge in [-0.05, 0) is 34.0 Å². The summed E-state index contributed by atoms with van der Waals surface area (Å²) in [6.45, 7) is 0.487. The Kier molecular flexibility index (Phi) is 4.31. The fourth-order valence-corrected chi connectivity index (χ4v) is 3.10. The van der Waals surface area contributed by atoms with Gasteiger partial charge >= 0.3 is 5.97 Å². The first-order valence-electron chi connectivity index (χ1n) is 5.95. The van der Waals surface area contributed by atoms with Gasteiger partial charge in [0.25, 0.3) is 0 Å². The molecule has 0 aromatic heterocycles. The molecule has 2 N–H and O–H groups in total. The van der Waals surface area contributed by atoms with Crippen molar-refractivity contribution in [3.8, 4) is 11.5 Å². The molecule has 19 heavy (non-hydrogen) atoms. The monoisotopic (exact) mass is 329 g/mol. The molecular formula is C13H16BrNO4. The van der Waals surface area contributed by atoms with Gasteiger partial charge in [-0.1, -0.05) is 6.07 Å². The van der Waals surface area contributed by atoms with Gasteiger partial charge in [0.05, 0.1) is 24.6 Å². The number of ether oxygens (including phenoxy) is 2. The topological polar surface area (TPSA) is 67.8 Å². The first-order valence-corrected chi connectivity index (χ1v) is 6.74. The van der Waals surface area contributed by atoms with Crippen molar-refractivity contribution in [3.63, 3.8) is 0 Å². The number of aliphatic carboxylic acids is 1. The number of carboxylic acid groups (broad SMARTS) is 1. The van der Waals surface area contributed by atoms with Crippen LogP contribution in [0.25, 0.3) is 0 Å². The van der Waals surface area contributed by atoms with E-state index in [4.69, 9.17) is 14.6 Å². The van der Waals surface area contributed by atoms with E-state index in [1.165, 1.54) is 0 Å². The number of nitrogens with one attached hydrogen (secondary N) is 1. The molecule has 1 aromatic carbocycles. The van der Waals surface area contributed by atoms with Crippen LogP contribution in [0.2, 0.25) is 0 Å². The molecule has 0 amide bonds. The highest BCUT2D eigenvalue weighted by Gasteiger charge is 2.32. The number of carboxylic acids is 1. The standard InChI is InChI=1S/C13H16BrNO4/c1-18-10-4-3-8(11(14)12(10)19-2)9-5-7(6-15-9)13(16)17/h3-4,7,9,15H,5-6H2,1-2H3,(H,16,17). The highest BCUT2D eigenvalue weighted by atomic mass is 79.9. The Morgan fingerprint density at radius 2 is 2.16 bits per heavy atom. The molecule has 5 nitrogen and oxygen atoms in total. The van der Waals surface area contributed by atoms with Crippen LogP contribution in [0.1, 0.15) is 18.0 Å². The Labute approximate surface area is 120 Å². The second-order valence-electron chi connectivity index (χ2n) is 4.44. The molecule has 2 unspecified atom stereocenters. The summed E-state index contributed by atoms with van der Waals surface area (Å²) in [4.78, 5) is 11.0. The van der Waals surface area contributed by atoms with Crippen LogP contribution in [0.3, 0.4) is 0 Å². The number of hydrogen-bond acceptors (Lipinski definition) is 4. The molecule has 0 spiro atoms. The van der Waals surface area contributed by atoms with Crippen molar-refractivity contribution >= 4 is 21.9 Å². The zero-order valence-electron chi connectivity index (χ0n) is 10.8. The van der Waals surface area contributed by atoms with Crippen LogP contribution in [0, 0.1) is 5.92 Å². The van der Waals surface area contributed by atoms with Crippen LogP contribution in [-0.2, 0) is 4.79 Å². The van der Waals surface area contributed by atoms with Crippen LogP contribution in [0.15, 0.2) is 16.6 Å². The molecule has 2 rings (SSSR count). The summed E-state index contributed by atoms with van der Waals surface area (Å²) in [6, 6.07) is 3.76. The second-order valence-corrected chi connectivity index (χ2v) is 5.23. The Balaban J connectivity index is 2.29. The van der Waals surface area contributed by atoms with E-state index < -0.39 is 5.97 Å². The lowest BCUT2D eigenvalue weighted by Crippen LogP contribution is -2.17. The quantitative estimate of drug-likeness (QED) is 0.886. The van der Waals surface area contributed by atoms with Crippen molar-refractivity contribution in [2.75, 3.05) is 20.8 Å². The van der Waals surface area contributed by atoms with Crippen LogP contribution in [0.4, 0.5) is 0 Å². The van der Waals surface area contributed by atoms with Gasteiger partial charge in [-0.3, -0.25) is 4.79 Å². The first-order chi connectivity index (χ1) is 9.08. The molecule has 1 aromatic rings. The van der Waals surface area contributed by atoms with E-state index in [-0.39, 0.29) is 12.0 Å². The predicted octanol–water partition coefficient (Wildman–Crippen LogP) is 2.20. The zero-order valence-corrected chi connectivity index (χ0v) is 12.4.